The zero-order valence-corrected chi connectivity index (χ0v) is 42.2. The average molecular weight is 1050 g/mol. The highest BCUT2D eigenvalue weighted by Crippen LogP contribution is 2.29. The summed E-state index contributed by atoms with van der Waals surface area (Å²) in [6.45, 7) is -0.781. The summed E-state index contributed by atoms with van der Waals surface area (Å²) >= 11 is 12.0. The van der Waals surface area contributed by atoms with Crippen LogP contribution in [0.1, 0.15) is 31.8 Å². The molecule has 20 nitrogen and oxygen atoms in total. The first-order valence-corrected chi connectivity index (χ1v) is 25.4. The molecule has 2 atom stereocenters. The smallest absolute Gasteiger partial charge is 0.329 e. The Balaban J connectivity index is 0.000000209. The molecule has 0 bridgehead atoms. The molecule has 71 heavy (non-hydrogen) atoms. The minimum absolute atomic E-state index is 0.000838. The molecule has 24 heteroatoms. The molecule has 2 saturated heterocycles. The van der Waals surface area contributed by atoms with Crippen molar-refractivity contribution in [3.63, 3.8) is 0 Å². The number of rotatable bonds is 10. The molecule has 0 spiro atoms. The maximum absolute atomic E-state index is 13.4. The largest absolute Gasteiger partial charge is 0.480 e. The fraction of sp³-hybridized carbons (Fsp3) is 0.277. The van der Waals surface area contributed by atoms with Gasteiger partial charge in [0.05, 0.1) is 7.11 Å². The van der Waals surface area contributed by atoms with Crippen LogP contribution in [0.4, 0.5) is 0 Å². The Kier molecular flexibility index (Phi) is 15.3. The van der Waals surface area contributed by atoms with Crippen LogP contribution in [-0.2, 0) is 34.4 Å². The zero-order chi connectivity index (χ0) is 51.7. The van der Waals surface area contributed by atoms with Crippen LogP contribution in [-0.4, -0.2) is 182 Å². The number of carboxylic acid groups (broad SMARTS) is 1. The number of hydrogen-bond donors (Lipinski definition) is 5. The minimum Gasteiger partial charge on any atom is -0.480 e. The van der Waals surface area contributed by atoms with E-state index in [4.69, 9.17) is 38.8 Å². The van der Waals surface area contributed by atoms with Crippen molar-refractivity contribution in [3.8, 4) is 0 Å². The Morgan fingerprint density at radius 2 is 0.958 bits per heavy atom. The molecule has 2 fully saturated rings. The van der Waals surface area contributed by atoms with Gasteiger partial charge in [-0.05, 0) is 72.8 Å². The molecular formula is C47H50Cl2N10O10S2. The lowest BCUT2D eigenvalue weighted by atomic mass is 10.1. The van der Waals surface area contributed by atoms with Crippen LogP contribution in [0.15, 0.2) is 107 Å². The van der Waals surface area contributed by atoms with E-state index in [-0.39, 0.29) is 60.7 Å². The molecule has 0 saturated carbocycles. The molecule has 0 radical (unpaired) electrons. The summed E-state index contributed by atoms with van der Waals surface area (Å²) < 4.78 is 60.4. The van der Waals surface area contributed by atoms with E-state index in [0.717, 1.165) is 4.31 Å². The fourth-order valence-electron chi connectivity index (χ4n) is 8.09. The number of nitrogens with zero attached hydrogens (tertiary/aromatic N) is 6. The molecule has 374 valence electrons. The van der Waals surface area contributed by atoms with Crippen molar-refractivity contribution in [2.45, 2.75) is 22.1 Å². The quantitative estimate of drug-likeness (QED) is 0.0710. The Bertz CT molecular complexity index is 3290. The SMILES string of the molecule is CN(C)C(=N)c1ccc(C(=O)N2CCN(S(=O)(=O)c3cc4cc(Cl)ccc4[nH]3)CC2C(=O)O)cc1.COC(=O)C1CN(S(=O)(=O)c2cc3cc(Cl)ccc3[nH]2)CCN1C(=O)c1ccc(C(=N)N(C)C)cc1. The average Bonchev–Trinajstić information content (AvgIpc) is 4.00. The van der Waals surface area contributed by atoms with Gasteiger partial charge in [0.1, 0.15) is 33.8 Å². The Hall–Kier alpha value is -6.82. The lowest BCUT2D eigenvalue weighted by molar-refractivity contribution is -0.147. The van der Waals surface area contributed by atoms with Gasteiger partial charge in [0.2, 0.25) is 0 Å². The number of esters is 1. The number of amides is 2. The van der Waals surface area contributed by atoms with Crippen molar-refractivity contribution in [2.24, 2.45) is 0 Å². The summed E-state index contributed by atoms with van der Waals surface area (Å²) in [5, 5.41) is 28.0. The van der Waals surface area contributed by atoms with E-state index in [9.17, 15) is 41.1 Å². The Morgan fingerprint density at radius 1 is 0.592 bits per heavy atom. The predicted molar refractivity (Wildman–Crippen MR) is 267 cm³/mol. The molecular weight excluding hydrogens is 1000 g/mol. The number of amidine groups is 2. The molecule has 5 N–H and O–H groups in total. The number of carboxylic acids is 1. The number of ether oxygens (including phenoxy) is 1. The van der Waals surface area contributed by atoms with Gasteiger partial charge in [-0.2, -0.15) is 8.61 Å². The lowest BCUT2D eigenvalue weighted by Gasteiger charge is -2.39. The van der Waals surface area contributed by atoms with E-state index in [1.54, 1.807) is 111 Å². The second-order valence-electron chi connectivity index (χ2n) is 17.0. The Labute approximate surface area is 419 Å². The summed E-state index contributed by atoms with van der Waals surface area (Å²) in [5.41, 5.74) is 3.02. The first-order valence-electron chi connectivity index (χ1n) is 21.7. The van der Waals surface area contributed by atoms with Crippen LogP contribution in [0.5, 0.6) is 0 Å². The third-order valence-electron chi connectivity index (χ3n) is 12.0. The van der Waals surface area contributed by atoms with E-state index in [0.29, 0.717) is 54.4 Å². The fourth-order valence-corrected chi connectivity index (χ4v) is 11.4. The summed E-state index contributed by atoms with van der Waals surface area (Å²) in [5.74, 6) is -2.39. The van der Waals surface area contributed by atoms with Crippen LogP contribution in [0, 0.1) is 10.8 Å². The van der Waals surface area contributed by atoms with Crippen LogP contribution in [0.3, 0.4) is 0 Å². The molecule has 2 amide bonds. The molecule has 4 heterocycles. The van der Waals surface area contributed by atoms with Gasteiger partial charge in [-0.15, -0.1) is 0 Å². The van der Waals surface area contributed by atoms with E-state index in [1.807, 2.05) is 0 Å². The number of halogens is 2. The first-order chi connectivity index (χ1) is 33.5. The van der Waals surface area contributed by atoms with E-state index in [1.165, 1.54) is 45.5 Å². The number of benzene rings is 4. The van der Waals surface area contributed by atoms with E-state index in [2.05, 4.69) is 9.97 Å². The van der Waals surface area contributed by atoms with Crippen LogP contribution in [0.2, 0.25) is 10.0 Å². The van der Waals surface area contributed by atoms with Crippen molar-refractivity contribution in [3.05, 3.63) is 129 Å². The second-order valence-corrected chi connectivity index (χ2v) is 21.7. The normalized spacial score (nSPS) is 16.8. The number of sulfonamides is 2. The van der Waals surface area contributed by atoms with Gasteiger partial charge < -0.3 is 39.4 Å². The molecule has 2 aliphatic rings. The molecule has 0 aliphatic carbocycles. The summed E-state index contributed by atoms with van der Waals surface area (Å²) in [6, 6.07) is 23.2. The number of aromatic amines is 2. The molecule has 8 rings (SSSR count). The van der Waals surface area contributed by atoms with Crippen molar-refractivity contribution < 1.29 is 45.9 Å². The monoisotopic (exact) mass is 1050 g/mol. The highest BCUT2D eigenvalue weighted by Gasteiger charge is 2.42. The number of nitrogens with one attached hydrogen (secondary N) is 4. The molecule has 2 unspecified atom stereocenters. The molecule has 4 aromatic carbocycles. The van der Waals surface area contributed by atoms with Gasteiger partial charge >= 0.3 is 11.9 Å². The summed E-state index contributed by atoms with van der Waals surface area (Å²) in [7, 11) is 0.142. The highest BCUT2D eigenvalue weighted by atomic mass is 35.5. The van der Waals surface area contributed by atoms with Crippen molar-refractivity contribution in [1.29, 1.82) is 10.8 Å². The van der Waals surface area contributed by atoms with Gasteiger partial charge in [0.15, 0.2) is 0 Å². The predicted octanol–water partition coefficient (Wildman–Crippen LogP) is 4.70. The second kappa shape index (κ2) is 20.9. The molecule has 2 aliphatic heterocycles. The Morgan fingerprint density at radius 3 is 1.32 bits per heavy atom. The number of aliphatic carboxylic acids is 1. The van der Waals surface area contributed by atoms with Crippen molar-refractivity contribution in [2.75, 3.05) is 74.6 Å². The minimum atomic E-state index is -4.04. The number of methoxy groups -OCH3 is 1. The number of aromatic nitrogens is 2. The number of carbonyl (C=O) groups excluding carboxylic acids is 3. The van der Waals surface area contributed by atoms with Crippen molar-refractivity contribution >= 4 is 100 Å². The molecule has 2 aromatic heterocycles. The lowest BCUT2D eigenvalue weighted by Crippen LogP contribution is -2.59. The zero-order valence-electron chi connectivity index (χ0n) is 39.0. The maximum atomic E-state index is 13.4. The van der Waals surface area contributed by atoms with Crippen LogP contribution >= 0.6 is 23.2 Å². The number of hydrogen-bond acceptors (Lipinski definition) is 11. The summed E-state index contributed by atoms with van der Waals surface area (Å²) in [6.07, 6.45) is 0. The van der Waals surface area contributed by atoms with Gasteiger partial charge in [-0.1, -0.05) is 47.5 Å². The number of carbonyl (C=O) groups is 4. The third kappa shape index (κ3) is 10.9. The third-order valence-corrected chi connectivity index (χ3v) is 16.1. The van der Waals surface area contributed by atoms with Crippen LogP contribution < -0.4 is 0 Å². The first kappa shape index (κ1) is 52.0. The van der Waals surface area contributed by atoms with Crippen molar-refractivity contribution in [1.82, 2.24) is 38.2 Å². The van der Waals surface area contributed by atoms with E-state index < -0.39 is 55.9 Å². The van der Waals surface area contributed by atoms with Gasteiger partial charge in [-0.3, -0.25) is 20.4 Å². The number of fused-ring (bicyclic) bond motifs is 2. The molecule has 6 aromatic rings. The summed E-state index contributed by atoms with van der Waals surface area (Å²) in [4.78, 5) is 62.6. The van der Waals surface area contributed by atoms with Gasteiger partial charge in [-0.25, -0.2) is 26.4 Å². The number of H-pyrrole nitrogens is 2. The maximum Gasteiger partial charge on any atom is 0.329 e. The van der Waals surface area contributed by atoms with E-state index >= 15 is 0 Å². The highest BCUT2D eigenvalue weighted by molar-refractivity contribution is 7.89. The van der Waals surface area contributed by atoms with Crippen LogP contribution in [0.25, 0.3) is 21.8 Å². The number of piperazine rings is 2. The van der Waals surface area contributed by atoms with Gasteiger partial charge in [0.25, 0.3) is 31.9 Å². The van der Waals surface area contributed by atoms with Gasteiger partial charge in [0, 0.05) is 122 Å². The topological polar surface area (TPSA) is 265 Å². The standard InChI is InChI=1S/C24H26ClN5O5S.C23H24ClN5O5S/c1-28(2)22(26)15-4-6-16(7-5-15)23(31)30-11-10-29(14-20(30)24(32)35-3)36(33,34)21-13-17-12-18(25)8-9-19(17)27-21;1-27(2)21(25)14-3-5-15(6-4-14)22(30)29-10-9-28(13-19(29)23(31)32)35(33,34)20-12-16-11-17(24)7-8-18(16)26-20/h4-9,12-13,20,26-27H,10-11,14H2,1-3H3;3-8,11-12,19,25-26H,9-10,13H2,1-2H3,(H,31,32).